The number of carbonyl (C=O) groups excluding carboxylic acids is 1. The maximum Gasteiger partial charge on any atom is 0.237 e. The molecule has 116 valence electrons. The monoisotopic (exact) mass is 373 g/mol. The van der Waals surface area contributed by atoms with Gasteiger partial charge in [-0.1, -0.05) is 53.0 Å². The van der Waals surface area contributed by atoms with Gasteiger partial charge in [0.2, 0.25) is 5.91 Å². The van der Waals surface area contributed by atoms with Gasteiger partial charge in [-0.3, -0.25) is 4.79 Å². The zero-order valence-electron chi connectivity index (χ0n) is 11.8. The SMILES string of the molecule is C[C@@H](SCc1cccc(Cl)c1)C(=O)Nc1c(Cl)cccc1Cl. The van der Waals surface area contributed by atoms with E-state index in [0.29, 0.717) is 26.5 Å². The largest absolute Gasteiger partial charge is 0.323 e. The summed E-state index contributed by atoms with van der Waals surface area (Å²) in [6, 6.07) is 12.7. The third-order valence-electron chi connectivity index (χ3n) is 2.97. The molecule has 0 saturated carbocycles. The molecular formula is C16H14Cl3NOS. The summed E-state index contributed by atoms with van der Waals surface area (Å²) in [7, 11) is 0. The Morgan fingerprint density at radius 2 is 1.77 bits per heavy atom. The zero-order chi connectivity index (χ0) is 16.1. The fourth-order valence-electron chi connectivity index (χ4n) is 1.77. The molecule has 1 amide bonds. The van der Waals surface area contributed by atoms with E-state index in [9.17, 15) is 4.79 Å². The minimum Gasteiger partial charge on any atom is -0.323 e. The number of hydrogen-bond acceptors (Lipinski definition) is 2. The number of amides is 1. The van der Waals surface area contributed by atoms with E-state index in [1.807, 2.05) is 31.2 Å². The molecule has 0 radical (unpaired) electrons. The molecule has 1 atom stereocenters. The van der Waals surface area contributed by atoms with Gasteiger partial charge in [-0.05, 0) is 36.8 Å². The van der Waals surface area contributed by atoms with Crippen molar-refractivity contribution in [2.24, 2.45) is 0 Å². The minimum atomic E-state index is -0.244. The third-order valence-corrected chi connectivity index (χ3v) is 5.05. The summed E-state index contributed by atoms with van der Waals surface area (Å²) >= 11 is 19.6. The Labute approximate surface area is 149 Å². The van der Waals surface area contributed by atoms with E-state index >= 15 is 0 Å². The van der Waals surface area contributed by atoms with Crippen molar-refractivity contribution in [2.75, 3.05) is 5.32 Å². The summed E-state index contributed by atoms with van der Waals surface area (Å²) in [5, 5.41) is 4.07. The van der Waals surface area contributed by atoms with E-state index in [-0.39, 0.29) is 11.2 Å². The van der Waals surface area contributed by atoms with Crippen LogP contribution in [0.2, 0.25) is 15.1 Å². The highest BCUT2D eigenvalue weighted by Gasteiger charge is 2.16. The quantitative estimate of drug-likeness (QED) is 0.705. The number of benzene rings is 2. The number of halogens is 3. The van der Waals surface area contributed by atoms with Gasteiger partial charge >= 0.3 is 0 Å². The number of hydrogen-bond donors (Lipinski definition) is 1. The van der Waals surface area contributed by atoms with Gasteiger partial charge in [0.15, 0.2) is 0 Å². The molecule has 0 fully saturated rings. The van der Waals surface area contributed by atoms with Gasteiger partial charge in [-0.2, -0.15) is 0 Å². The summed E-state index contributed by atoms with van der Waals surface area (Å²) in [5.41, 5.74) is 1.53. The molecule has 1 N–H and O–H groups in total. The predicted octanol–water partition coefficient (Wildman–Crippen LogP) is 5.91. The molecule has 0 aromatic heterocycles. The standard InChI is InChI=1S/C16H14Cl3NOS/c1-10(22-9-11-4-2-5-12(17)8-11)16(21)20-15-13(18)6-3-7-14(15)19/h2-8,10H,9H2,1H3,(H,20,21)/t10-/m1/s1. The van der Waals surface area contributed by atoms with Crippen LogP contribution in [0.5, 0.6) is 0 Å². The summed E-state index contributed by atoms with van der Waals surface area (Å²) in [6.45, 7) is 1.84. The van der Waals surface area contributed by atoms with Gasteiger partial charge in [0.05, 0.1) is 21.0 Å². The average molecular weight is 375 g/mol. The van der Waals surface area contributed by atoms with Crippen molar-refractivity contribution in [3.63, 3.8) is 0 Å². The molecule has 2 nitrogen and oxygen atoms in total. The van der Waals surface area contributed by atoms with Crippen molar-refractivity contribution in [3.8, 4) is 0 Å². The lowest BCUT2D eigenvalue weighted by atomic mass is 10.2. The Kier molecular flexibility index (Phi) is 6.45. The normalized spacial score (nSPS) is 12.0. The van der Waals surface area contributed by atoms with Crippen LogP contribution in [0.4, 0.5) is 5.69 Å². The lowest BCUT2D eigenvalue weighted by molar-refractivity contribution is -0.115. The highest BCUT2D eigenvalue weighted by molar-refractivity contribution is 7.99. The Hall–Kier alpha value is -0.870. The van der Waals surface area contributed by atoms with Gasteiger partial charge in [0, 0.05) is 10.8 Å². The Morgan fingerprint density at radius 1 is 1.14 bits per heavy atom. The zero-order valence-corrected chi connectivity index (χ0v) is 14.9. The number of rotatable bonds is 5. The van der Waals surface area contributed by atoms with Crippen molar-refractivity contribution in [1.29, 1.82) is 0 Å². The van der Waals surface area contributed by atoms with Gasteiger partial charge in [-0.25, -0.2) is 0 Å². The number of nitrogens with one attached hydrogen (secondary N) is 1. The molecule has 22 heavy (non-hydrogen) atoms. The molecule has 0 aliphatic carbocycles. The molecule has 0 aliphatic rings. The summed E-state index contributed by atoms with van der Waals surface area (Å²) in [6.07, 6.45) is 0. The molecule has 0 saturated heterocycles. The maximum absolute atomic E-state index is 12.2. The van der Waals surface area contributed by atoms with Gasteiger partial charge < -0.3 is 5.32 Å². The molecule has 0 aliphatic heterocycles. The van der Waals surface area contributed by atoms with Crippen molar-refractivity contribution in [2.45, 2.75) is 17.9 Å². The fourth-order valence-corrected chi connectivity index (χ4v) is 3.30. The average Bonchev–Trinajstić information content (AvgIpc) is 2.48. The second-order valence-electron chi connectivity index (χ2n) is 4.67. The molecule has 0 spiro atoms. The summed E-state index contributed by atoms with van der Waals surface area (Å²) in [5.74, 6) is 0.563. The first-order valence-electron chi connectivity index (χ1n) is 6.58. The van der Waals surface area contributed by atoms with Crippen LogP contribution in [-0.2, 0) is 10.5 Å². The molecule has 0 heterocycles. The van der Waals surface area contributed by atoms with Crippen LogP contribution in [0.15, 0.2) is 42.5 Å². The van der Waals surface area contributed by atoms with Crippen LogP contribution >= 0.6 is 46.6 Å². The predicted molar refractivity (Wildman–Crippen MR) is 97.3 cm³/mol. The Morgan fingerprint density at radius 3 is 2.41 bits per heavy atom. The second-order valence-corrected chi connectivity index (χ2v) is 7.25. The molecular weight excluding hydrogens is 361 g/mol. The van der Waals surface area contributed by atoms with Crippen LogP contribution in [0.25, 0.3) is 0 Å². The van der Waals surface area contributed by atoms with Crippen LogP contribution in [0.1, 0.15) is 12.5 Å². The fraction of sp³-hybridized carbons (Fsp3) is 0.188. The van der Waals surface area contributed by atoms with E-state index in [1.165, 1.54) is 11.8 Å². The highest BCUT2D eigenvalue weighted by Crippen LogP contribution is 2.30. The number of anilines is 1. The van der Waals surface area contributed by atoms with E-state index in [4.69, 9.17) is 34.8 Å². The smallest absolute Gasteiger partial charge is 0.237 e. The van der Waals surface area contributed by atoms with Crippen molar-refractivity contribution < 1.29 is 4.79 Å². The van der Waals surface area contributed by atoms with Gasteiger partial charge in [-0.15, -0.1) is 11.8 Å². The molecule has 2 aromatic carbocycles. The van der Waals surface area contributed by atoms with Crippen molar-refractivity contribution in [1.82, 2.24) is 0 Å². The molecule has 2 rings (SSSR count). The van der Waals surface area contributed by atoms with Gasteiger partial charge in [0.1, 0.15) is 0 Å². The van der Waals surface area contributed by atoms with Crippen LogP contribution in [-0.4, -0.2) is 11.2 Å². The van der Waals surface area contributed by atoms with Crippen molar-refractivity contribution >= 4 is 58.2 Å². The lowest BCUT2D eigenvalue weighted by Crippen LogP contribution is -2.23. The number of para-hydroxylation sites is 1. The number of carbonyl (C=O) groups is 1. The second kappa shape index (κ2) is 8.11. The summed E-state index contributed by atoms with van der Waals surface area (Å²) < 4.78 is 0. The van der Waals surface area contributed by atoms with E-state index < -0.39 is 0 Å². The molecule has 6 heteroatoms. The maximum atomic E-state index is 12.2. The molecule has 2 aromatic rings. The number of thioether (sulfide) groups is 1. The Bertz CT molecular complexity index is 658. The van der Waals surface area contributed by atoms with Crippen molar-refractivity contribution in [3.05, 3.63) is 63.1 Å². The van der Waals surface area contributed by atoms with Crippen LogP contribution in [0, 0.1) is 0 Å². The first-order valence-corrected chi connectivity index (χ1v) is 8.76. The highest BCUT2D eigenvalue weighted by atomic mass is 35.5. The first-order chi connectivity index (χ1) is 10.5. The molecule has 0 bridgehead atoms. The third kappa shape index (κ3) is 4.82. The van der Waals surface area contributed by atoms with Crippen LogP contribution < -0.4 is 5.32 Å². The van der Waals surface area contributed by atoms with E-state index in [0.717, 1.165) is 5.56 Å². The van der Waals surface area contributed by atoms with E-state index in [2.05, 4.69) is 5.32 Å². The topological polar surface area (TPSA) is 29.1 Å². The molecule has 0 unspecified atom stereocenters. The lowest BCUT2D eigenvalue weighted by Gasteiger charge is -2.14. The summed E-state index contributed by atoms with van der Waals surface area (Å²) in [4.78, 5) is 12.2. The minimum absolute atomic E-state index is 0.137. The van der Waals surface area contributed by atoms with Crippen LogP contribution in [0.3, 0.4) is 0 Å². The van der Waals surface area contributed by atoms with Gasteiger partial charge in [0.25, 0.3) is 0 Å². The first kappa shape index (κ1) is 17.5. The van der Waals surface area contributed by atoms with E-state index in [1.54, 1.807) is 18.2 Å². The Balaban J connectivity index is 1.95.